The van der Waals surface area contributed by atoms with Crippen LogP contribution in [0.25, 0.3) is 10.9 Å². The Kier molecular flexibility index (Phi) is 4.91. The van der Waals surface area contributed by atoms with Gasteiger partial charge in [-0.2, -0.15) is 0 Å². The molecule has 2 heterocycles. The third-order valence-corrected chi connectivity index (χ3v) is 5.27. The number of aromatic amines is 1. The number of likely N-dealkylation sites (N-methyl/N-ethyl adjacent to an activating group) is 1. The highest BCUT2D eigenvalue weighted by Crippen LogP contribution is 2.25. The van der Waals surface area contributed by atoms with Crippen LogP contribution < -0.4 is 5.56 Å². The summed E-state index contributed by atoms with van der Waals surface area (Å²) in [6, 6.07) is 12.5. The van der Waals surface area contributed by atoms with Gasteiger partial charge >= 0.3 is 0 Å². The number of aromatic nitrogens is 2. The average Bonchev–Trinajstić information content (AvgIpc) is 3.01. The summed E-state index contributed by atoms with van der Waals surface area (Å²) in [7, 11) is 0. The molecule has 0 bridgehead atoms. The lowest BCUT2D eigenvalue weighted by atomic mass is 10.1. The first-order valence-corrected chi connectivity index (χ1v) is 9.66. The Bertz CT molecular complexity index is 1200. The van der Waals surface area contributed by atoms with E-state index in [0.717, 1.165) is 4.90 Å². The molecule has 0 spiro atoms. The smallest absolute Gasteiger partial charge is 0.262 e. The Morgan fingerprint density at radius 1 is 1.03 bits per heavy atom. The molecule has 1 aliphatic heterocycles. The molecular formula is C22H20N4O4. The van der Waals surface area contributed by atoms with Crippen LogP contribution in [-0.4, -0.2) is 50.1 Å². The molecule has 1 aliphatic rings. The van der Waals surface area contributed by atoms with Gasteiger partial charge in [-0.3, -0.25) is 24.1 Å². The normalized spacial score (nSPS) is 14.1. The van der Waals surface area contributed by atoms with E-state index in [0.29, 0.717) is 34.4 Å². The maximum absolute atomic E-state index is 13.1. The minimum atomic E-state index is -0.982. The van der Waals surface area contributed by atoms with E-state index in [1.807, 2.05) is 0 Å². The van der Waals surface area contributed by atoms with E-state index in [2.05, 4.69) is 9.97 Å². The summed E-state index contributed by atoms with van der Waals surface area (Å²) in [6.07, 6.45) is 0. The van der Waals surface area contributed by atoms with E-state index < -0.39 is 23.8 Å². The summed E-state index contributed by atoms with van der Waals surface area (Å²) in [4.78, 5) is 60.4. The van der Waals surface area contributed by atoms with E-state index in [9.17, 15) is 19.2 Å². The first-order valence-electron chi connectivity index (χ1n) is 9.66. The van der Waals surface area contributed by atoms with E-state index >= 15 is 0 Å². The van der Waals surface area contributed by atoms with Crippen molar-refractivity contribution in [3.63, 3.8) is 0 Å². The number of carbonyl (C=O) groups is 3. The van der Waals surface area contributed by atoms with Crippen molar-refractivity contribution in [3.8, 4) is 0 Å². The number of imide groups is 1. The Balaban J connectivity index is 1.58. The van der Waals surface area contributed by atoms with Gasteiger partial charge in [0, 0.05) is 6.54 Å². The van der Waals surface area contributed by atoms with E-state index in [4.69, 9.17) is 0 Å². The number of para-hydroxylation sites is 1. The first kappa shape index (κ1) is 19.5. The monoisotopic (exact) mass is 404 g/mol. The molecule has 0 radical (unpaired) electrons. The SMILES string of the molecule is CCN(Cc1nc2ccccc2c(=O)[nH]1)C(=O)C(C)N1C(=O)c2ccccc2C1=O. The Labute approximate surface area is 172 Å². The van der Waals surface area contributed by atoms with Gasteiger partial charge in [-0.1, -0.05) is 24.3 Å². The van der Waals surface area contributed by atoms with Gasteiger partial charge in [0.25, 0.3) is 17.4 Å². The van der Waals surface area contributed by atoms with Crippen LogP contribution in [0.1, 0.15) is 40.4 Å². The molecule has 1 N–H and O–H groups in total. The van der Waals surface area contributed by atoms with E-state index in [1.165, 1.54) is 11.8 Å². The molecule has 0 aliphatic carbocycles. The van der Waals surface area contributed by atoms with Crippen molar-refractivity contribution in [3.05, 3.63) is 75.8 Å². The number of benzene rings is 2. The van der Waals surface area contributed by atoms with E-state index in [1.54, 1.807) is 55.5 Å². The lowest BCUT2D eigenvalue weighted by molar-refractivity contribution is -0.135. The molecule has 1 unspecified atom stereocenters. The van der Waals surface area contributed by atoms with Crippen LogP contribution in [0.5, 0.6) is 0 Å². The highest BCUT2D eigenvalue weighted by atomic mass is 16.2. The Morgan fingerprint density at radius 3 is 2.27 bits per heavy atom. The second-order valence-corrected chi connectivity index (χ2v) is 7.08. The predicted molar refractivity (Wildman–Crippen MR) is 110 cm³/mol. The molecule has 3 amide bonds. The van der Waals surface area contributed by atoms with Gasteiger partial charge in [-0.15, -0.1) is 0 Å². The number of fused-ring (bicyclic) bond motifs is 2. The van der Waals surface area contributed by atoms with Gasteiger partial charge in [0.15, 0.2) is 0 Å². The number of nitrogens with zero attached hydrogens (tertiary/aromatic N) is 3. The van der Waals surface area contributed by atoms with Crippen LogP contribution in [0, 0.1) is 0 Å². The number of nitrogens with one attached hydrogen (secondary N) is 1. The van der Waals surface area contributed by atoms with Gasteiger partial charge in [-0.25, -0.2) is 4.98 Å². The topological polar surface area (TPSA) is 103 Å². The molecule has 0 saturated carbocycles. The van der Waals surface area contributed by atoms with E-state index in [-0.39, 0.29) is 12.1 Å². The molecule has 0 saturated heterocycles. The molecule has 8 nitrogen and oxygen atoms in total. The van der Waals surface area contributed by atoms with Crippen LogP contribution in [-0.2, 0) is 11.3 Å². The predicted octanol–water partition coefficient (Wildman–Crippen LogP) is 1.96. The van der Waals surface area contributed by atoms with Gasteiger partial charge in [0.05, 0.1) is 28.6 Å². The lowest BCUT2D eigenvalue weighted by Gasteiger charge is -2.28. The zero-order valence-electron chi connectivity index (χ0n) is 16.6. The summed E-state index contributed by atoms with van der Waals surface area (Å²) in [5.41, 5.74) is 0.845. The fourth-order valence-corrected chi connectivity index (χ4v) is 3.67. The number of carbonyl (C=O) groups excluding carboxylic acids is 3. The summed E-state index contributed by atoms with van der Waals surface area (Å²) in [6.45, 7) is 3.70. The minimum Gasteiger partial charge on any atom is -0.334 e. The average molecular weight is 404 g/mol. The van der Waals surface area contributed by atoms with Crippen molar-refractivity contribution < 1.29 is 14.4 Å². The number of hydrogen-bond acceptors (Lipinski definition) is 5. The maximum atomic E-state index is 13.1. The molecule has 1 aromatic heterocycles. The highest BCUT2D eigenvalue weighted by Gasteiger charge is 2.41. The quantitative estimate of drug-likeness (QED) is 0.655. The highest BCUT2D eigenvalue weighted by molar-refractivity contribution is 6.22. The summed E-state index contributed by atoms with van der Waals surface area (Å²) < 4.78 is 0. The zero-order valence-corrected chi connectivity index (χ0v) is 16.6. The fraction of sp³-hybridized carbons (Fsp3) is 0.227. The van der Waals surface area contributed by atoms with Crippen molar-refractivity contribution in [2.45, 2.75) is 26.4 Å². The third-order valence-electron chi connectivity index (χ3n) is 5.27. The van der Waals surface area contributed by atoms with Gasteiger partial charge in [0.1, 0.15) is 11.9 Å². The van der Waals surface area contributed by atoms with Gasteiger partial charge in [-0.05, 0) is 38.1 Å². The second kappa shape index (κ2) is 7.55. The maximum Gasteiger partial charge on any atom is 0.262 e. The first-order chi connectivity index (χ1) is 14.4. The molecule has 0 fully saturated rings. The minimum absolute atomic E-state index is 0.0584. The standard InChI is InChI=1S/C22H20N4O4/c1-3-25(12-18-23-17-11-7-6-10-16(17)19(27)24-18)20(28)13(2)26-21(29)14-8-4-5-9-15(14)22(26)30/h4-11,13H,3,12H2,1-2H3,(H,23,24,27). The van der Waals surface area contributed by atoms with Crippen molar-refractivity contribution in [1.29, 1.82) is 0 Å². The summed E-state index contributed by atoms with van der Waals surface area (Å²) in [5.74, 6) is -1.03. The molecular weight excluding hydrogens is 384 g/mol. The molecule has 30 heavy (non-hydrogen) atoms. The van der Waals surface area contributed by atoms with Gasteiger partial charge in [0.2, 0.25) is 5.91 Å². The number of hydrogen-bond donors (Lipinski definition) is 1. The molecule has 1 atom stereocenters. The van der Waals surface area contributed by atoms with Crippen molar-refractivity contribution in [2.24, 2.45) is 0 Å². The number of rotatable bonds is 5. The van der Waals surface area contributed by atoms with Crippen molar-refractivity contribution >= 4 is 28.6 Å². The Hall–Kier alpha value is -3.81. The van der Waals surface area contributed by atoms with Crippen molar-refractivity contribution in [1.82, 2.24) is 19.8 Å². The molecule has 3 aromatic rings. The number of amides is 3. The van der Waals surface area contributed by atoms with Crippen LogP contribution in [0.4, 0.5) is 0 Å². The van der Waals surface area contributed by atoms with Crippen LogP contribution in [0.3, 0.4) is 0 Å². The molecule has 4 rings (SSSR count). The zero-order chi connectivity index (χ0) is 21.4. The fourth-order valence-electron chi connectivity index (χ4n) is 3.67. The molecule has 8 heteroatoms. The summed E-state index contributed by atoms with van der Waals surface area (Å²) in [5, 5.41) is 0.468. The Morgan fingerprint density at radius 2 is 1.63 bits per heavy atom. The second-order valence-electron chi connectivity index (χ2n) is 7.08. The summed E-state index contributed by atoms with van der Waals surface area (Å²) >= 11 is 0. The van der Waals surface area contributed by atoms with Crippen molar-refractivity contribution in [2.75, 3.05) is 6.54 Å². The molecule has 2 aromatic carbocycles. The van der Waals surface area contributed by atoms with Gasteiger partial charge < -0.3 is 9.88 Å². The molecule has 152 valence electrons. The van der Waals surface area contributed by atoms with Crippen LogP contribution in [0.2, 0.25) is 0 Å². The lowest BCUT2D eigenvalue weighted by Crippen LogP contribution is -2.49. The third kappa shape index (κ3) is 3.16. The van der Waals surface area contributed by atoms with Crippen LogP contribution in [0.15, 0.2) is 53.3 Å². The largest absolute Gasteiger partial charge is 0.334 e. The number of H-pyrrole nitrogens is 1. The van der Waals surface area contributed by atoms with Crippen LogP contribution >= 0.6 is 0 Å².